The summed E-state index contributed by atoms with van der Waals surface area (Å²) >= 11 is 0.151. The number of carboxylic acids is 4. The lowest BCUT2D eigenvalue weighted by Crippen LogP contribution is -2.11. The molecule has 27 heavy (non-hydrogen) atoms. The second-order valence-electron chi connectivity index (χ2n) is 4.81. The van der Waals surface area contributed by atoms with Gasteiger partial charge >= 0.3 is 23.9 Å². The van der Waals surface area contributed by atoms with Crippen LogP contribution in [0.2, 0.25) is 0 Å². The van der Waals surface area contributed by atoms with E-state index in [-0.39, 0.29) is 23.8 Å². The van der Waals surface area contributed by atoms with Crippen molar-refractivity contribution in [2.75, 3.05) is 0 Å². The average molecular weight is 394 g/mol. The van der Waals surface area contributed by atoms with Crippen LogP contribution in [0, 0.1) is 0 Å². The molecule has 0 amide bonds. The monoisotopic (exact) mass is 394 g/mol. The zero-order valence-electron chi connectivity index (χ0n) is 13.1. The Morgan fingerprint density at radius 2 is 1.00 bits per heavy atom. The number of aromatic carboxylic acids is 4. The largest absolute Gasteiger partial charge is 0.478 e. The van der Waals surface area contributed by atoms with Crippen molar-refractivity contribution in [3.8, 4) is 11.5 Å². The summed E-state index contributed by atoms with van der Waals surface area (Å²) < 4.78 is 10.1. The highest BCUT2D eigenvalue weighted by atomic mass is 32.2. The average Bonchev–Trinajstić information content (AvgIpc) is 2.60. The van der Waals surface area contributed by atoms with Crippen molar-refractivity contribution in [1.29, 1.82) is 0 Å². The van der Waals surface area contributed by atoms with E-state index in [9.17, 15) is 29.4 Å². The number of hydrogen-bond acceptors (Lipinski definition) is 7. The second-order valence-corrected chi connectivity index (χ2v) is 5.28. The molecular formula is C16H10O10S. The van der Waals surface area contributed by atoms with Crippen molar-refractivity contribution < 1.29 is 48.0 Å². The van der Waals surface area contributed by atoms with Gasteiger partial charge in [-0.15, -0.1) is 0 Å². The zero-order chi connectivity index (χ0) is 20.1. The van der Waals surface area contributed by atoms with Gasteiger partial charge in [-0.25, -0.2) is 19.2 Å². The smallest absolute Gasteiger partial charge is 0.340 e. The van der Waals surface area contributed by atoms with E-state index < -0.39 is 46.1 Å². The van der Waals surface area contributed by atoms with Crippen LogP contribution in [0.5, 0.6) is 11.5 Å². The van der Waals surface area contributed by atoms with Gasteiger partial charge in [-0.05, 0) is 24.3 Å². The number of carbonyl (C=O) groups is 4. The van der Waals surface area contributed by atoms with Gasteiger partial charge in [0.05, 0.1) is 11.1 Å². The van der Waals surface area contributed by atoms with Gasteiger partial charge in [-0.1, -0.05) is 12.1 Å². The van der Waals surface area contributed by atoms with Crippen LogP contribution in [0.1, 0.15) is 41.4 Å². The summed E-state index contributed by atoms with van der Waals surface area (Å²) in [6.07, 6.45) is 0. The molecule has 2 rings (SSSR count). The van der Waals surface area contributed by atoms with Crippen molar-refractivity contribution in [2.45, 2.75) is 0 Å². The van der Waals surface area contributed by atoms with E-state index in [4.69, 9.17) is 18.6 Å². The summed E-state index contributed by atoms with van der Waals surface area (Å²) in [5.41, 5.74) is -2.28. The van der Waals surface area contributed by atoms with Gasteiger partial charge in [0.15, 0.2) is 11.5 Å². The maximum absolute atomic E-state index is 11.3. The highest BCUT2D eigenvalue weighted by Crippen LogP contribution is 2.30. The number of benzene rings is 2. The van der Waals surface area contributed by atoms with Crippen molar-refractivity contribution in [1.82, 2.24) is 0 Å². The topological polar surface area (TPSA) is 168 Å². The van der Waals surface area contributed by atoms with Crippen LogP contribution < -0.4 is 8.37 Å². The summed E-state index contributed by atoms with van der Waals surface area (Å²) in [7, 11) is 0. The molecule has 0 aliphatic heterocycles. The fraction of sp³-hybridized carbons (Fsp3) is 0. The summed E-state index contributed by atoms with van der Waals surface area (Å²) in [6, 6.07) is 7.00. The molecule has 0 aromatic heterocycles. The maximum Gasteiger partial charge on any atom is 0.340 e. The predicted molar refractivity (Wildman–Crippen MR) is 89.6 cm³/mol. The molecule has 2 aromatic carbocycles. The molecular weight excluding hydrogens is 384 g/mol. The first-order valence-corrected chi connectivity index (χ1v) is 7.61. The SMILES string of the molecule is O=C(O)c1cccc(OSOc2cccc(C(=O)O)c2C(=O)O)c1C(=O)O. The van der Waals surface area contributed by atoms with Gasteiger partial charge in [0.25, 0.3) is 12.3 Å². The van der Waals surface area contributed by atoms with Crippen LogP contribution >= 0.6 is 12.3 Å². The molecule has 0 fully saturated rings. The van der Waals surface area contributed by atoms with Crippen molar-refractivity contribution in [3.63, 3.8) is 0 Å². The van der Waals surface area contributed by atoms with Gasteiger partial charge in [-0.3, -0.25) is 0 Å². The van der Waals surface area contributed by atoms with Crippen LogP contribution in [0.15, 0.2) is 36.4 Å². The van der Waals surface area contributed by atoms with E-state index in [0.717, 1.165) is 12.1 Å². The third-order valence-electron chi connectivity index (χ3n) is 3.19. The van der Waals surface area contributed by atoms with E-state index in [1.807, 2.05) is 0 Å². The molecule has 0 atom stereocenters. The Morgan fingerprint density at radius 3 is 1.30 bits per heavy atom. The van der Waals surface area contributed by atoms with E-state index in [1.54, 1.807) is 0 Å². The minimum atomic E-state index is -1.55. The van der Waals surface area contributed by atoms with Gasteiger partial charge in [0.1, 0.15) is 11.1 Å². The van der Waals surface area contributed by atoms with Gasteiger partial charge in [0, 0.05) is 0 Å². The van der Waals surface area contributed by atoms with Gasteiger partial charge < -0.3 is 28.8 Å². The first-order valence-electron chi connectivity index (χ1n) is 6.94. The van der Waals surface area contributed by atoms with Crippen molar-refractivity contribution in [3.05, 3.63) is 58.7 Å². The molecule has 10 nitrogen and oxygen atoms in total. The molecule has 140 valence electrons. The van der Waals surface area contributed by atoms with E-state index >= 15 is 0 Å². The Morgan fingerprint density at radius 1 is 0.630 bits per heavy atom. The third-order valence-corrected chi connectivity index (χ3v) is 3.68. The molecule has 0 aliphatic rings. The highest BCUT2D eigenvalue weighted by molar-refractivity contribution is 7.90. The zero-order valence-corrected chi connectivity index (χ0v) is 13.9. The Bertz CT molecular complexity index is 861. The van der Waals surface area contributed by atoms with E-state index in [2.05, 4.69) is 0 Å². The highest BCUT2D eigenvalue weighted by Gasteiger charge is 2.24. The summed E-state index contributed by atoms with van der Waals surface area (Å²) in [6.45, 7) is 0. The van der Waals surface area contributed by atoms with Crippen LogP contribution in [0.4, 0.5) is 0 Å². The normalized spacial score (nSPS) is 10.1. The first kappa shape index (κ1) is 19.6. The van der Waals surface area contributed by atoms with Crippen LogP contribution in [-0.4, -0.2) is 44.3 Å². The van der Waals surface area contributed by atoms with Gasteiger partial charge in [0.2, 0.25) is 0 Å². The molecule has 4 N–H and O–H groups in total. The first-order chi connectivity index (χ1) is 12.7. The summed E-state index contributed by atoms with van der Waals surface area (Å²) in [5, 5.41) is 36.5. The van der Waals surface area contributed by atoms with Crippen molar-refractivity contribution in [2.24, 2.45) is 0 Å². The fourth-order valence-electron chi connectivity index (χ4n) is 2.09. The standard InChI is InChI=1S/C16H10O10S/c17-13(18)7-3-1-5-9(11(7)15(21)22)25-27-26-10-6-2-4-8(14(19)20)12(10)16(23)24/h1-6H,(H,17,18)(H,19,20)(H,21,22)(H,23,24). The Hall–Kier alpha value is -3.73. The molecule has 0 saturated heterocycles. The number of hydrogen-bond donors (Lipinski definition) is 4. The fourth-order valence-corrected chi connectivity index (χ4v) is 2.55. The minimum absolute atomic E-state index is 0.151. The summed E-state index contributed by atoms with van der Waals surface area (Å²) in [4.78, 5) is 44.8. The van der Waals surface area contributed by atoms with Crippen molar-refractivity contribution >= 4 is 36.2 Å². The second kappa shape index (κ2) is 8.10. The molecule has 11 heteroatoms. The van der Waals surface area contributed by atoms with Gasteiger partial charge in [-0.2, -0.15) is 0 Å². The molecule has 0 aliphatic carbocycles. The lowest BCUT2D eigenvalue weighted by Gasteiger charge is -2.11. The molecule has 0 bridgehead atoms. The number of rotatable bonds is 8. The molecule has 0 radical (unpaired) electrons. The van der Waals surface area contributed by atoms with Crippen LogP contribution in [-0.2, 0) is 0 Å². The minimum Gasteiger partial charge on any atom is -0.478 e. The predicted octanol–water partition coefficient (Wildman–Crippen LogP) is 2.50. The molecule has 0 unspecified atom stereocenters. The van der Waals surface area contributed by atoms with E-state index in [1.165, 1.54) is 24.3 Å². The summed E-state index contributed by atoms with van der Waals surface area (Å²) in [5.74, 6) is -6.76. The van der Waals surface area contributed by atoms with E-state index in [0.29, 0.717) is 0 Å². The lowest BCUT2D eigenvalue weighted by molar-refractivity contribution is 0.0649. The Balaban J connectivity index is 2.28. The quantitative estimate of drug-likeness (QED) is 0.485. The molecule has 2 aromatic rings. The number of carboxylic acid groups (broad SMARTS) is 4. The lowest BCUT2D eigenvalue weighted by atomic mass is 10.1. The van der Waals surface area contributed by atoms with Crippen LogP contribution in [0.25, 0.3) is 0 Å². The Kier molecular flexibility index (Phi) is 5.88. The molecule has 0 saturated carbocycles. The molecule has 0 spiro atoms. The third kappa shape index (κ3) is 4.27. The van der Waals surface area contributed by atoms with Crippen LogP contribution in [0.3, 0.4) is 0 Å². The molecule has 0 heterocycles. The Labute approximate surface area is 155 Å². The maximum atomic E-state index is 11.3.